The second kappa shape index (κ2) is 5.93. The van der Waals surface area contributed by atoms with Gasteiger partial charge in [-0.25, -0.2) is 12.8 Å². The molecular weight excluding hydrogens is 345 g/mol. The highest BCUT2D eigenvalue weighted by molar-refractivity contribution is 9.08. The smallest absolute Gasteiger partial charge is 0.262 e. The molecular formula is C14H13BrFNO2S. The Morgan fingerprint density at radius 2 is 1.90 bits per heavy atom. The lowest BCUT2D eigenvalue weighted by Crippen LogP contribution is -2.15. The average Bonchev–Trinajstić information content (AvgIpc) is 2.41. The minimum atomic E-state index is -3.81. The fraction of sp³-hybridized carbons (Fsp3) is 0.143. The first kappa shape index (κ1) is 15.0. The van der Waals surface area contributed by atoms with E-state index < -0.39 is 15.8 Å². The number of benzene rings is 2. The van der Waals surface area contributed by atoms with Gasteiger partial charge in [-0.15, -0.1) is 0 Å². The van der Waals surface area contributed by atoms with E-state index in [9.17, 15) is 12.8 Å². The Morgan fingerprint density at radius 3 is 2.60 bits per heavy atom. The van der Waals surface area contributed by atoms with Gasteiger partial charge < -0.3 is 0 Å². The summed E-state index contributed by atoms with van der Waals surface area (Å²) in [5.41, 5.74) is 1.79. The van der Waals surface area contributed by atoms with Crippen LogP contribution in [0, 0.1) is 12.7 Å². The fourth-order valence-corrected chi connectivity index (χ4v) is 3.65. The molecule has 2 aromatic carbocycles. The first-order chi connectivity index (χ1) is 9.44. The van der Waals surface area contributed by atoms with E-state index in [0.717, 1.165) is 11.6 Å². The molecule has 2 rings (SSSR count). The number of hydrogen-bond acceptors (Lipinski definition) is 2. The summed E-state index contributed by atoms with van der Waals surface area (Å²) in [6.45, 7) is 1.63. The molecule has 0 amide bonds. The Balaban J connectivity index is 2.43. The monoisotopic (exact) mass is 357 g/mol. The van der Waals surface area contributed by atoms with E-state index in [1.807, 2.05) is 12.1 Å². The highest BCUT2D eigenvalue weighted by Gasteiger charge is 2.18. The van der Waals surface area contributed by atoms with Gasteiger partial charge in [0.05, 0.1) is 10.6 Å². The Bertz CT molecular complexity index is 732. The van der Waals surface area contributed by atoms with Crippen molar-refractivity contribution in [3.8, 4) is 0 Å². The molecule has 0 spiro atoms. The number of nitrogens with one attached hydrogen (secondary N) is 1. The number of hydrogen-bond donors (Lipinski definition) is 1. The van der Waals surface area contributed by atoms with Crippen molar-refractivity contribution < 1.29 is 12.8 Å². The van der Waals surface area contributed by atoms with Gasteiger partial charge in [0.15, 0.2) is 0 Å². The van der Waals surface area contributed by atoms with E-state index >= 15 is 0 Å². The van der Waals surface area contributed by atoms with Crippen molar-refractivity contribution in [2.24, 2.45) is 0 Å². The maximum Gasteiger partial charge on any atom is 0.262 e. The van der Waals surface area contributed by atoms with Crippen LogP contribution in [0.4, 0.5) is 10.1 Å². The molecule has 6 heteroatoms. The zero-order valence-electron chi connectivity index (χ0n) is 10.7. The standard InChI is InChI=1S/C14H13BrFNO2S/c1-10-6-7-12(16)8-14(10)20(18,19)17-13-5-3-2-4-11(13)9-15/h2-8,17H,9H2,1H3. The number of para-hydroxylation sites is 1. The van der Waals surface area contributed by atoms with Crippen LogP contribution in [-0.4, -0.2) is 8.42 Å². The number of rotatable bonds is 4. The molecule has 1 N–H and O–H groups in total. The first-order valence-corrected chi connectivity index (χ1v) is 8.47. The molecule has 0 aliphatic heterocycles. The Labute approximate surface area is 126 Å². The number of halogens is 2. The van der Waals surface area contributed by atoms with Crippen molar-refractivity contribution in [3.63, 3.8) is 0 Å². The Kier molecular flexibility index (Phi) is 4.45. The van der Waals surface area contributed by atoms with Gasteiger partial charge in [0, 0.05) is 5.33 Å². The van der Waals surface area contributed by atoms with Crippen LogP contribution in [0.2, 0.25) is 0 Å². The van der Waals surface area contributed by atoms with Crippen LogP contribution in [-0.2, 0) is 15.4 Å². The number of aryl methyl sites for hydroxylation is 1. The normalized spacial score (nSPS) is 11.3. The van der Waals surface area contributed by atoms with Gasteiger partial charge in [0.1, 0.15) is 5.82 Å². The lowest BCUT2D eigenvalue weighted by atomic mass is 10.2. The van der Waals surface area contributed by atoms with E-state index in [-0.39, 0.29) is 4.90 Å². The molecule has 0 aliphatic rings. The molecule has 0 heterocycles. The largest absolute Gasteiger partial charge is 0.279 e. The third-order valence-electron chi connectivity index (χ3n) is 2.85. The Morgan fingerprint density at radius 1 is 1.20 bits per heavy atom. The average molecular weight is 358 g/mol. The molecule has 0 aromatic heterocycles. The molecule has 0 unspecified atom stereocenters. The minimum absolute atomic E-state index is 0.0538. The van der Waals surface area contributed by atoms with E-state index in [2.05, 4.69) is 20.7 Å². The SMILES string of the molecule is Cc1ccc(F)cc1S(=O)(=O)Nc1ccccc1CBr. The molecule has 0 saturated carbocycles. The number of sulfonamides is 1. The van der Waals surface area contributed by atoms with Gasteiger partial charge >= 0.3 is 0 Å². The van der Waals surface area contributed by atoms with Crippen LogP contribution in [0.1, 0.15) is 11.1 Å². The van der Waals surface area contributed by atoms with Crippen LogP contribution >= 0.6 is 15.9 Å². The van der Waals surface area contributed by atoms with E-state index in [1.54, 1.807) is 19.1 Å². The summed E-state index contributed by atoms with van der Waals surface area (Å²) in [6.07, 6.45) is 0. The van der Waals surface area contributed by atoms with Gasteiger partial charge in [-0.2, -0.15) is 0 Å². The van der Waals surface area contributed by atoms with E-state index in [4.69, 9.17) is 0 Å². The summed E-state index contributed by atoms with van der Waals surface area (Å²) in [7, 11) is -3.81. The van der Waals surface area contributed by atoms with E-state index in [0.29, 0.717) is 16.6 Å². The highest BCUT2D eigenvalue weighted by Crippen LogP contribution is 2.24. The molecule has 0 bridgehead atoms. The molecule has 20 heavy (non-hydrogen) atoms. The van der Waals surface area contributed by atoms with Crippen molar-refractivity contribution in [3.05, 3.63) is 59.4 Å². The maximum atomic E-state index is 13.3. The molecule has 106 valence electrons. The van der Waals surface area contributed by atoms with E-state index in [1.165, 1.54) is 12.1 Å². The van der Waals surface area contributed by atoms with Crippen LogP contribution < -0.4 is 4.72 Å². The van der Waals surface area contributed by atoms with Gasteiger partial charge in [-0.1, -0.05) is 40.2 Å². The van der Waals surface area contributed by atoms with Gasteiger partial charge in [-0.3, -0.25) is 4.72 Å². The molecule has 0 atom stereocenters. The van der Waals surface area contributed by atoms with Crippen LogP contribution in [0.5, 0.6) is 0 Å². The van der Waals surface area contributed by atoms with Gasteiger partial charge in [0.2, 0.25) is 0 Å². The first-order valence-electron chi connectivity index (χ1n) is 5.87. The topological polar surface area (TPSA) is 46.2 Å². The zero-order chi connectivity index (χ0) is 14.8. The second-order valence-corrected chi connectivity index (χ2v) is 6.52. The van der Waals surface area contributed by atoms with Gasteiger partial charge in [-0.05, 0) is 36.2 Å². The summed E-state index contributed by atoms with van der Waals surface area (Å²) in [6, 6.07) is 10.7. The molecule has 0 saturated heterocycles. The third kappa shape index (κ3) is 3.19. The van der Waals surface area contributed by atoms with Crippen molar-refractivity contribution in [2.75, 3.05) is 4.72 Å². The molecule has 0 aliphatic carbocycles. The summed E-state index contributed by atoms with van der Waals surface area (Å²) in [5, 5.41) is 0.522. The summed E-state index contributed by atoms with van der Waals surface area (Å²) in [5.74, 6) is -0.579. The molecule has 0 fully saturated rings. The molecule has 3 nitrogen and oxygen atoms in total. The lowest BCUT2D eigenvalue weighted by Gasteiger charge is -2.12. The highest BCUT2D eigenvalue weighted by atomic mass is 79.9. The predicted octanol–water partition coefficient (Wildman–Crippen LogP) is 3.83. The summed E-state index contributed by atoms with van der Waals surface area (Å²) in [4.78, 5) is -0.0538. The number of alkyl halides is 1. The number of anilines is 1. The lowest BCUT2D eigenvalue weighted by molar-refractivity contribution is 0.594. The maximum absolute atomic E-state index is 13.3. The van der Waals surface area contributed by atoms with Gasteiger partial charge in [0.25, 0.3) is 10.0 Å². The van der Waals surface area contributed by atoms with Crippen molar-refractivity contribution >= 4 is 31.6 Å². The second-order valence-electron chi connectivity index (χ2n) is 4.31. The fourth-order valence-electron chi connectivity index (χ4n) is 1.80. The van der Waals surface area contributed by atoms with Crippen LogP contribution in [0.25, 0.3) is 0 Å². The quantitative estimate of drug-likeness (QED) is 0.845. The minimum Gasteiger partial charge on any atom is -0.279 e. The Hall–Kier alpha value is -1.40. The molecule has 0 radical (unpaired) electrons. The zero-order valence-corrected chi connectivity index (χ0v) is 13.1. The van der Waals surface area contributed by atoms with Crippen LogP contribution in [0.15, 0.2) is 47.4 Å². The summed E-state index contributed by atoms with van der Waals surface area (Å²) < 4.78 is 40.5. The van der Waals surface area contributed by atoms with Crippen LogP contribution in [0.3, 0.4) is 0 Å². The molecule has 2 aromatic rings. The predicted molar refractivity (Wildman–Crippen MR) is 81.0 cm³/mol. The third-order valence-corrected chi connectivity index (χ3v) is 4.96. The van der Waals surface area contributed by atoms with Crippen molar-refractivity contribution in [1.82, 2.24) is 0 Å². The summed E-state index contributed by atoms with van der Waals surface area (Å²) >= 11 is 3.30. The van der Waals surface area contributed by atoms with Crippen molar-refractivity contribution in [1.29, 1.82) is 0 Å². The van der Waals surface area contributed by atoms with Crippen molar-refractivity contribution in [2.45, 2.75) is 17.1 Å².